The van der Waals surface area contributed by atoms with Gasteiger partial charge in [-0.15, -0.1) is 0 Å². The summed E-state index contributed by atoms with van der Waals surface area (Å²) in [7, 11) is 0. The Labute approximate surface area is 125 Å². The van der Waals surface area contributed by atoms with E-state index in [9.17, 15) is 4.39 Å². The first-order chi connectivity index (χ1) is 9.11. The van der Waals surface area contributed by atoms with Crippen LogP contribution >= 0.6 is 27.5 Å². The fourth-order valence-electron chi connectivity index (χ4n) is 2.08. The van der Waals surface area contributed by atoms with Gasteiger partial charge in [-0.25, -0.2) is 4.39 Å². The molecule has 1 atom stereocenters. The summed E-state index contributed by atoms with van der Waals surface area (Å²) in [5, 5.41) is 0.719. The maximum atomic E-state index is 13.1. The summed E-state index contributed by atoms with van der Waals surface area (Å²) < 4.78 is 13.8. The van der Waals surface area contributed by atoms with Gasteiger partial charge in [0.1, 0.15) is 5.82 Å². The molecule has 0 aliphatic carbocycles. The van der Waals surface area contributed by atoms with Crippen molar-refractivity contribution in [2.45, 2.75) is 12.3 Å². The van der Waals surface area contributed by atoms with E-state index in [0.29, 0.717) is 6.54 Å². The van der Waals surface area contributed by atoms with Gasteiger partial charge in [-0.05, 0) is 42.3 Å². The number of hydrogen-bond acceptors (Lipinski definition) is 1. The van der Waals surface area contributed by atoms with Gasteiger partial charge in [0.25, 0.3) is 0 Å². The van der Waals surface area contributed by atoms with E-state index in [1.165, 1.54) is 12.1 Å². The third-order valence-corrected chi connectivity index (χ3v) is 4.19. The van der Waals surface area contributed by atoms with Crippen LogP contribution in [0, 0.1) is 5.82 Å². The zero-order chi connectivity index (χ0) is 13.8. The van der Waals surface area contributed by atoms with Crippen LogP contribution in [0.25, 0.3) is 0 Å². The van der Waals surface area contributed by atoms with E-state index in [2.05, 4.69) is 15.9 Å². The van der Waals surface area contributed by atoms with Crippen molar-refractivity contribution >= 4 is 27.5 Å². The monoisotopic (exact) mass is 341 g/mol. The van der Waals surface area contributed by atoms with Crippen molar-refractivity contribution in [2.75, 3.05) is 6.54 Å². The van der Waals surface area contributed by atoms with Gasteiger partial charge < -0.3 is 5.73 Å². The van der Waals surface area contributed by atoms with Gasteiger partial charge in [-0.1, -0.05) is 51.8 Å². The van der Waals surface area contributed by atoms with E-state index < -0.39 is 0 Å². The minimum Gasteiger partial charge on any atom is -0.330 e. The largest absolute Gasteiger partial charge is 0.330 e. The van der Waals surface area contributed by atoms with Crippen LogP contribution in [0.5, 0.6) is 0 Å². The predicted molar refractivity (Wildman–Crippen MR) is 81.1 cm³/mol. The number of rotatable bonds is 4. The summed E-state index contributed by atoms with van der Waals surface area (Å²) in [6.45, 7) is 0.494. The molecule has 2 N–H and O–H groups in total. The lowest BCUT2D eigenvalue weighted by Crippen LogP contribution is -2.15. The van der Waals surface area contributed by atoms with Crippen LogP contribution < -0.4 is 5.73 Å². The number of halogens is 3. The fourth-order valence-corrected chi connectivity index (χ4v) is 2.88. The summed E-state index contributed by atoms with van der Waals surface area (Å²) in [4.78, 5) is 0. The first kappa shape index (κ1) is 14.5. The van der Waals surface area contributed by atoms with Crippen LogP contribution in [0.1, 0.15) is 17.0 Å². The zero-order valence-corrected chi connectivity index (χ0v) is 12.6. The molecule has 0 aliphatic rings. The molecule has 0 saturated carbocycles. The van der Waals surface area contributed by atoms with Gasteiger partial charge >= 0.3 is 0 Å². The third-order valence-electron chi connectivity index (χ3n) is 3.11. The normalized spacial score (nSPS) is 12.4. The minimum absolute atomic E-state index is 0.121. The molecule has 0 aliphatic heterocycles. The van der Waals surface area contributed by atoms with E-state index in [1.54, 1.807) is 6.07 Å². The fraction of sp³-hybridized carbons (Fsp3) is 0.200. The quantitative estimate of drug-likeness (QED) is 0.868. The Bertz CT molecular complexity index is 574. The maximum Gasteiger partial charge on any atom is 0.124 e. The minimum atomic E-state index is -0.252. The molecule has 19 heavy (non-hydrogen) atoms. The standard InChI is InChI=1S/C15H14BrClFN/c16-14-8-12(18)6-5-10(14)7-11(9-19)13-3-1-2-4-15(13)17/h1-6,8,11H,7,9,19H2. The first-order valence-electron chi connectivity index (χ1n) is 6.00. The van der Waals surface area contributed by atoms with Crippen LogP contribution in [0.3, 0.4) is 0 Å². The van der Waals surface area contributed by atoms with Gasteiger partial charge in [0, 0.05) is 15.4 Å². The molecule has 1 unspecified atom stereocenters. The van der Waals surface area contributed by atoms with E-state index in [1.807, 2.05) is 24.3 Å². The molecule has 4 heteroatoms. The Balaban J connectivity index is 2.27. The molecular formula is C15H14BrClFN. The van der Waals surface area contributed by atoms with E-state index in [4.69, 9.17) is 17.3 Å². The highest BCUT2D eigenvalue weighted by molar-refractivity contribution is 9.10. The molecule has 0 amide bonds. The number of benzene rings is 2. The molecule has 2 aromatic carbocycles. The molecule has 2 aromatic rings. The van der Waals surface area contributed by atoms with Crippen molar-refractivity contribution in [3.63, 3.8) is 0 Å². The van der Waals surface area contributed by atoms with Crippen molar-refractivity contribution in [1.29, 1.82) is 0 Å². The van der Waals surface area contributed by atoms with E-state index >= 15 is 0 Å². The maximum absolute atomic E-state index is 13.1. The highest BCUT2D eigenvalue weighted by Gasteiger charge is 2.15. The summed E-state index contributed by atoms with van der Waals surface area (Å²) in [5.74, 6) is -0.131. The molecule has 1 nitrogen and oxygen atoms in total. The molecule has 100 valence electrons. The zero-order valence-electron chi connectivity index (χ0n) is 10.2. The highest BCUT2D eigenvalue weighted by atomic mass is 79.9. The smallest absolute Gasteiger partial charge is 0.124 e. The number of nitrogens with two attached hydrogens (primary N) is 1. The summed E-state index contributed by atoms with van der Waals surface area (Å²) in [5.41, 5.74) is 7.91. The molecule has 0 radical (unpaired) electrons. The lowest BCUT2D eigenvalue weighted by atomic mass is 9.92. The predicted octanol–water partition coefficient (Wildman–Crippen LogP) is 4.53. The van der Waals surface area contributed by atoms with Crippen molar-refractivity contribution in [2.24, 2.45) is 5.73 Å². The molecule has 0 bridgehead atoms. The summed E-state index contributed by atoms with van der Waals surface area (Å²) >= 11 is 9.58. The molecule has 0 saturated heterocycles. The molecule has 2 rings (SSSR count). The SMILES string of the molecule is NCC(Cc1ccc(F)cc1Br)c1ccccc1Cl. The van der Waals surface area contributed by atoms with Crippen LogP contribution in [0.15, 0.2) is 46.9 Å². The van der Waals surface area contributed by atoms with E-state index in [0.717, 1.165) is 27.0 Å². The van der Waals surface area contributed by atoms with E-state index in [-0.39, 0.29) is 11.7 Å². The first-order valence-corrected chi connectivity index (χ1v) is 7.17. The average molecular weight is 343 g/mol. The lowest BCUT2D eigenvalue weighted by molar-refractivity contribution is 0.624. The third kappa shape index (κ3) is 3.56. The Hall–Kier alpha value is -0.900. The molecule has 0 heterocycles. The second-order valence-electron chi connectivity index (χ2n) is 4.39. The summed E-state index contributed by atoms with van der Waals surface area (Å²) in [6.07, 6.45) is 0.723. The van der Waals surface area contributed by atoms with Crippen LogP contribution in [-0.2, 0) is 6.42 Å². The van der Waals surface area contributed by atoms with Crippen LogP contribution in [-0.4, -0.2) is 6.54 Å². The van der Waals surface area contributed by atoms with Gasteiger partial charge in [0.2, 0.25) is 0 Å². The average Bonchev–Trinajstić information content (AvgIpc) is 2.39. The lowest BCUT2D eigenvalue weighted by Gasteiger charge is -2.17. The van der Waals surface area contributed by atoms with Crippen molar-refractivity contribution < 1.29 is 4.39 Å². The highest BCUT2D eigenvalue weighted by Crippen LogP contribution is 2.29. The van der Waals surface area contributed by atoms with Gasteiger partial charge in [0.05, 0.1) is 0 Å². The van der Waals surface area contributed by atoms with Gasteiger partial charge in [-0.2, -0.15) is 0 Å². The van der Waals surface area contributed by atoms with Crippen LogP contribution in [0.4, 0.5) is 4.39 Å². The molecular weight excluding hydrogens is 329 g/mol. The second kappa shape index (κ2) is 6.51. The van der Waals surface area contributed by atoms with Crippen molar-refractivity contribution in [3.05, 3.63) is 68.9 Å². The molecule has 0 fully saturated rings. The second-order valence-corrected chi connectivity index (χ2v) is 5.66. The molecule has 0 aromatic heterocycles. The molecule has 0 spiro atoms. The number of hydrogen-bond donors (Lipinski definition) is 1. The summed E-state index contributed by atoms with van der Waals surface area (Å²) in [6, 6.07) is 12.4. The van der Waals surface area contributed by atoms with Crippen molar-refractivity contribution in [1.82, 2.24) is 0 Å². The topological polar surface area (TPSA) is 26.0 Å². The Morgan fingerprint density at radius 3 is 2.58 bits per heavy atom. The van der Waals surface area contributed by atoms with Gasteiger partial charge in [0.15, 0.2) is 0 Å². The Morgan fingerprint density at radius 1 is 1.21 bits per heavy atom. The Kier molecular flexibility index (Phi) is 4.97. The van der Waals surface area contributed by atoms with Gasteiger partial charge in [-0.3, -0.25) is 0 Å². The van der Waals surface area contributed by atoms with Crippen LogP contribution in [0.2, 0.25) is 5.02 Å². The Morgan fingerprint density at radius 2 is 1.95 bits per heavy atom. The van der Waals surface area contributed by atoms with Crippen molar-refractivity contribution in [3.8, 4) is 0 Å².